The first-order valence-electron chi connectivity index (χ1n) is 8.18. The summed E-state index contributed by atoms with van der Waals surface area (Å²) in [4.78, 5) is 36.1. The summed E-state index contributed by atoms with van der Waals surface area (Å²) in [6, 6.07) is 17.4. The molecular weight excluding hydrogens is 380 g/mol. The normalized spacial score (nSPS) is 10.0. The summed E-state index contributed by atoms with van der Waals surface area (Å²) in [7, 11) is 1.16. The van der Waals surface area contributed by atoms with Crippen LogP contribution in [0.4, 0.5) is 9.80 Å². The molecular formula is C20H16N2O5S. The molecule has 0 aliphatic rings. The number of imide groups is 1. The molecule has 142 valence electrons. The Bertz CT molecular complexity index is 1000. The van der Waals surface area contributed by atoms with E-state index >= 15 is 0 Å². The fourth-order valence-electron chi connectivity index (χ4n) is 2.33. The molecule has 8 heteroatoms. The van der Waals surface area contributed by atoms with E-state index in [-0.39, 0.29) is 5.56 Å². The molecule has 3 aromatic rings. The lowest BCUT2D eigenvalue weighted by molar-refractivity contribution is 0.0938. The van der Waals surface area contributed by atoms with Gasteiger partial charge in [-0.3, -0.25) is 14.9 Å². The predicted octanol–water partition coefficient (Wildman–Crippen LogP) is 4.29. The lowest BCUT2D eigenvalue weighted by Gasteiger charge is -2.11. The highest BCUT2D eigenvalue weighted by atomic mass is 32.1. The minimum Gasteiger partial charge on any atom is -0.457 e. The molecule has 0 aliphatic heterocycles. The van der Waals surface area contributed by atoms with Crippen molar-refractivity contribution in [3.8, 4) is 11.5 Å². The molecule has 0 spiro atoms. The van der Waals surface area contributed by atoms with E-state index in [9.17, 15) is 14.4 Å². The topological polar surface area (TPSA) is 93.7 Å². The van der Waals surface area contributed by atoms with Crippen molar-refractivity contribution in [2.75, 3.05) is 12.4 Å². The Hall–Kier alpha value is -3.65. The minimum atomic E-state index is -0.880. The third-order valence-electron chi connectivity index (χ3n) is 3.64. The van der Waals surface area contributed by atoms with Crippen LogP contribution in [-0.4, -0.2) is 25.0 Å². The Morgan fingerprint density at radius 2 is 1.57 bits per heavy atom. The van der Waals surface area contributed by atoms with Crippen molar-refractivity contribution in [1.29, 1.82) is 0 Å². The molecule has 0 bridgehead atoms. The van der Waals surface area contributed by atoms with E-state index in [0.29, 0.717) is 22.1 Å². The number of hydrogen-bond donors (Lipinski definition) is 2. The summed E-state index contributed by atoms with van der Waals surface area (Å²) < 4.78 is 10.2. The number of benzene rings is 2. The van der Waals surface area contributed by atoms with E-state index in [1.54, 1.807) is 41.8 Å². The number of methoxy groups -OCH3 is 1. The van der Waals surface area contributed by atoms with E-state index < -0.39 is 17.9 Å². The number of alkyl carbamates (subject to hydrolysis) is 1. The van der Waals surface area contributed by atoms with Gasteiger partial charge in [-0.25, -0.2) is 4.79 Å². The van der Waals surface area contributed by atoms with Gasteiger partial charge in [0.2, 0.25) is 0 Å². The SMILES string of the molecule is COC(=O)NC(=O)c1ccsc1NC(=O)c1ccccc1Oc1ccccc1. The van der Waals surface area contributed by atoms with Crippen molar-refractivity contribution in [3.05, 3.63) is 77.2 Å². The molecule has 0 saturated heterocycles. The van der Waals surface area contributed by atoms with Gasteiger partial charge in [-0.05, 0) is 35.7 Å². The maximum Gasteiger partial charge on any atom is 0.413 e. The highest BCUT2D eigenvalue weighted by Crippen LogP contribution is 2.28. The fraction of sp³-hybridized carbons (Fsp3) is 0.0500. The lowest BCUT2D eigenvalue weighted by Crippen LogP contribution is -2.30. The van der Waals surface area contributed by atoms with Gasteiger partial charge < -0.3 is 14.8 Å². The molecule has 0 saturated carbocycles. The summed E-state index contributed by atoms with van der Waals surface area (Å²) in [5, 5.41) is 6.69. The van der Waals surface area contributed by atoms with Crippen molar-refractivity contribution in [1.82, 2.24) is 5.32 Å². The number of thiophene rings is 1. The molecule has 28 heavy (non-hydrogen) atoms. The summed E-state index contributed by atoms with van der Waals surface area (Å²) in [5.74, 6) is -0.140. The average molecular weight is 396 g/mol. The van der Waals surface area contributed by atoms with Crippen LogP contribution in [0.5, 0.6) is 11.5 Å². The predicted molar refractivity (Wildman–Crippen MR) is 105 cm³/mol. The third-order valence-corrected chi connectivity index (χ3v) is 4.47. The molecule has 0 unspecified atom stereocenters. The molecule has 0 fully saturated rings. The van der Waals surface area contributed by atoms with E-state index in [2.05, 4.69) is 15.4 Å². The zero-order valence-electron chi connectivity index (χ0n) is 14.8. The second-order valence-corrected chi connectivity index (χ2v) is 6.39. The van der Waals surface area contributed by atoms with E-state index in [1.165, 1.54) is 6.07 Å². The second-order valence-electron chi connectivity index (χ2n) is 5.47. The quantitative estimate of drug-likeness (QED) is 0.671. The molecule has 0 aliphatic carbocycles. The molecule has 1 aromatic heterocycles. The Kier molecular flexibility index (Phi) is 6.03. The van der Waals surface area contributed by atoms with Crippen LogP contribution >= 0.6 is 11.3 Å². The molecule has 2 N–H and O–H groups in total. The van der Waals surface area contributed by atoms with Gasteiger partial charge in [0.1, 0.15) is 16.5 Å². The molecule has 2 aromatic carbocycles. The Morgan fingerprint density at radius 1 is 0.857 bits per heavy atom. The lowest BCUT2D eigenvalue weighted by atomic mass is 10.2. The molecule has 0 atom stereocenters. The molecule has 3 rings (SSSR count). The van der Waals surface area contributed by atoms with Crippen LogP contribution < -0.4 is 15.4 Å². The number of amides is 3. The van der Waals surface area contributed by atoms with Gasteiger partial charge in [-0.1, -0.05) is 30.3 Å². The van der Waals surface area contributed by atoms with Crippen molar-refractivity contribution in [2.45, 2.75) is 0 Å². The van der Waals surface area contributed by atoms with Gasteiger partial charge in [-0.2, -0.15) is 0 Å². The summed E-state index contributed by atoms with van der Waals surface area (Å²) in [5.41, 5.74) is 0.462. The Balaban J connectivity index is 1.79. The van der Waals surface area contributed by atoms with Crippen LogP contribution in [0.3, 0.4) is 0 Å². The maximum atomic E-state index is 12.8. The first-order chi connectivity index (χ1) is 13.6. The van der Waals surface area contributed by atoms with Crippen LogP contribution in [-0.2, 0) is 4.74 Å². The standard InChI is InChI=1S/C20H16N2O5S/c1-26-20(25)22-18(24)15-11-12-28-19(15)21-17(23)14-9-5-6-10-16(14)27-13-7-3-2-4-8-13/h2-12H,1H3,(H,21,23)(H,22,24,25). The second kappa shape index (κ2) is 8.83. The average Bonchev–Trinajstić information content (AvgIpc) is 3.17. The molecule has 3 amide bonds. The fourth-order valence-corrected chi connectivity index (χ4v) is 3.10. The van der Waals surface area contributed by atoms with Gasteiger partial charge in [0, 0.05) is 0 Å². The van der Waals surface area contributed by atoms with Gasteiger partial charge in [0.05, 0.1) is 18.2 Å². The number of para-hydroxylation sites is 2. The number of hydrogen-bond acceptors (Lipinski definition) is 6. The molecule has 7 nitrogen and oxygen atoms in total. The zero-order valence-corrected chi connectivity index (χ0v) is 15.6. The van der Waals surface area contributed by atoms with Crippen molar-refractivity contribution >= 4 is 34.2 Å². The number of rotatable bonds is 5. The number of carbonyl (C=O) groups is 3. The number of nitrogens with one attached hydrogen (secondary N) is 2. The van der Waals surface area contributed by atoms with Crippen LogP contribution in [0.2, 0.25) is 0 Å². The monoisotopic (exact) mass is 396 g/mol. The number of carbonyl (C=O) groups excluding carboxylic acids is 3. The first kappa shape index (κ1) is 19.1. The largest absolute Gasteiger partial charge is 0.457 e. The van der Waals surface area contributed by atoms with Gasteiger partial charge in [0.25, 0.3) is 11.8 Å². The van der Waals surface area contributed by atoms with Crippen LogP contribution in [0.1, 0.15) is 20.7 Å². The van der Waals surface area contributed by atoms with Crippen molar-refractivity contribution < 1.29 is 23.9 Å². The summed E-state index contributed by atoms with van der Waals surface area (Å²) >= 11 is 1.16. The smallest absolute Gasteiger partial charge is 0.413 e. The summed E-state index contributed by atoms with van der Waals surface area (Å²) in [6.07, 6.45) is -0.880. The maximum absolute atomic E-state index is 12.8. The molecule has 0 radical (unpaired) electrons. The number of ether oxygens (including phenoxy) is 2. The minimum absolute atomic E-state index is 0.158. The number of anilines is 1. The highest BCUT2D eigenvalue weighted by molar-refractivity contribution is 7.14. The third kappa shape index (κ3) is 4.54. The zero-order chi connectivity index (χ0) is 19.9. The van der Waals surface area contributed by atoms with Crippen molar-refractivity contribution in [3.63, 3.8) is 0 Å². The Morgan fingerprint density at radius 3 is 2.32 bits per heavy atom. The molecule has 1 heterocycles. The van der Waals surface area contributed by atoms with Gasteiger partial charge in [-0.15, -0.1) is 11.3 Å². The van der Waals surface area contributed by atoms with Crippen LogP contribution in [0.25, 0.3) is 0 Å². The summed E-state index contributed by atoms with van der Waals surface area (Å²) in [6.45, 7) is 0. The van der Waals surface area contributed by atoms with Gasteiger partial charge in [0.15, 0.2) is 0 Å². The Labute approximate surface area is 164 Å². The highest BCUT2D eigenvalue weighted by Gasteiger charge is 2.19. The van der Waals surface area contributed by atoms with Crippen LogP contribution in [0.15, 0.2) is 66.0 Å². The van der Waals surface area contributed by atoms with E-state index in [1.807, 2.05) is 18.2 Å². The van der Waals surface area contributed by atoms with Crippen LogP contribution in [0, 0.1) is 0 Å². The first-order valence-corrected chi connectivity index (χ1v) is 9.06. The van der Waals surface area contributed by atoms with E-state index in [4.69, 9.17) is 4.74 Å². The van der Waals surface area contributed by atoms with Gasteiger partial charge >= 0.3 is 6.09 Å². The van der Waals surface area contributed by atoms with Crippen molar-refractivity contribution in [2.24, 2.45) is 0 Å². The van der Waals surface area contributed by atoms with E-state index in [0.717, 1.165) is 18.4 Å².